The standard InChI is InChI=1S/C17H26N4O3S/c1-6-24-16-8-7-15(11-18-16)19-12(2)17-13(3)20-21(14(17)4)9-10-25(5,22)23/h7-8,11-12,19H,6,9-10H2,1-5H3. The SMILES string of the molecule is CCOc1ccc(NC(C)c2c(C)nn(CCS(C)(=O)=O)c2C)cn1. The van der Waals surface area contributed by atoms with Gasteiger partial charge in [-0.2, -0.15) is 5.10 Å². The van der Waals surface area contributed by atoms with Crippen LogP contribution in [0.4, 0.5) is 5.69 Å². The average molecular weight is 366 g/mol. The lowest BCUT2D eigenvalue weighted by molar-refractivity contribution is 0.327. The zero-order valence-electron chi connectivity index (χ0n) is 15.4. The lowest BCUT2D eigenvalue weighted by Gasteiger charge is -2.16. The number of sulfone groups is 1. The minimum absolute atomic E-state index is 0.0201. The van der Waals surface area contributed by atoms with E-state index in [2.05, 4.69) is 15.4 Å². The van der Waals surface area contributed by atoms with Crippen LogP contribution < -0.4 is 10.1 Å². The Labute approximate surface area is 149 Å². The zero-order valence-corrected chi connectivity index (χ0v) is 16.2. The molecule has 0 aromatic carbocycles. The van der Waals surface area contributed by atoms with Crippen molar-refractivity contribution in [1.29, 1.82) is 0 Å². The molecule has 0 aliphatic carbocycles. The number of ether oxygens (including phenoxy) is 1. The van der Waals surface area contributed by atoms with E-state index in [-0.39, 0.29) is 11.8 Å². The average Bonchev–Trinajstić information content (AvgIpc) is 2.81. The van der Waals surface area contributed by atoms with Gasteiger partial charge in [0.1, 0.15) is 9.84 Å². The van der Waals surface area contributed by atoms with E-state index < -0.39 is 9.84 Å². The molecule has 25 heavy (non-hydrogen) atoms. The third-order valence-electron chi connectivity index (χ3n) is 3.96. The van der Waals surface area contributed by atoms with Crippen LogP contribution in [0.15, 0.2) is 18.3 Å². The minimum atomic E-state index is -3.02. The topological polar surface area (TPSA) is 86.1 Å². The van der Waals surface area contributed by atoms with Crippen molar-refractivity contribution >= 4 is 15.5 Å². The third-order valence-corrected chi connectivity index (χ3v) is 4.88. The summed E-state index contributed by atoms with van der Waals surface area (Å²) in [5.41, 5.74) is 3.82. The van der Waals surface area contributed by atoms with Crippen molar-refractivity contribution in [1.82, 2.24) is 14.8 Å². The summed E-state index contributed by atoms with van der Waals surface area (Å²) in [5.74, 6) is 0.681. The van der Waals surface area contributed by atoms with Crippen molar-refractivity contribution < 1.29 is 13.2 Å². The van der Waals surface area contributed by atoms with Crippen LogP contribution in [0.3, 0.4) is 0 Å². The molecule has 0 amide bonds. The van der Waals surface area contributed by atoms with Crippen molar-refractivity contribution in [3.8, 4) is 5.88 Å². The molecule has 2 aromatic rings. The van der Waals surface area contributed by atoms with Crippen LogP contribution in [0.1, 0.15) is 36.8 Å². The molecular weight excluding hydrogens is 340 g/mol. The molecule has 0 fully saturated rings. The number of aromatic nitrogens is 3. The molecule has 0 aliphatic rings. The van der Waals surface area contributed by atoms with Gasteiger partial charge in [-0.05, 0) is 33.8 Å². The molecule has 8 heteroatoms. The van der Waals surface area contributed by atoms with Gasteiger partial charge < -0.3 is 10.1 Å². The van der Waals surface area contributed by atoms with E-state index >= 15 is 0 Å². The van der Waals surface area contributed by atoms with Crippen LogP contribution in [0, 0.1) is 13.8 Å². The molecular formula is C17H26N4O3S. The predicted molar refractivity (Wildman–Crippen MR) is 98.9 cm³/mol. The molecule has 1 N–H and O–H groups in total. The Balaban J connectivity index is 2.13. The normalized spacial score (nSPS) is 12.8. The number of hydrogen-bond donors (Lipinski definition) is 1. The molecule has 0 saturated heterocycles. The molecule has 7 nitrogen and oxygen atoms in total. The smallest absolute Gasteiger partial charge is 0.213 e. The number of anilines is 1. The highest BCUT2D eigenvalue weighted by Crippen LogP contribution is 2.25. The fourth-order valence-electron chi connectivity index (χ4n) is 2.83. The second kappa shape index (κ2) is 7.86. The molecule has 138 valence electrons. The Morgan fingerprint density at radius 2 is 2.04 bits per heavy atom. The summed E-state index contributed by atoms with van der Waals surface area (Å²) in [7, 11) is -3.02. The number of pyridine rings is 1. The van der Waals surface area contributed by atoms with Gasteiger partial charge in [0.2, 0.25) is 5.88 Å². The molecule has 1 atom stereocenters. The maximum Gasteiger partial charge on any atom is 0.213 e. The Kier molecular flexibility index (Phi) is 6.05. The van der Waals surface area contributed by atoms with Crippen molar-refractivity contribution in [3.05, 3.63) is 35.3 Å². The maximum absolute atomic E-state index is 11.4. The van der Waals surface area contributed by atoms with Crippen LogP contribution in [0.25, 0.3) is 0 Å². The lowest BCUT2D eigenvalue weighted by atomic mass is 10.1. The fraction of sp³-hybridized carbons (Fsp3) is 0.529. The number of nitrogens with one attached hydrogen (secondary N) is 1. The quantitative estimate of drug-likeness (QED) is 0.772. The first-order chi connectivity index (χ1) is 11.7. The molecule has 2 aromatic heterocycles. The summed E-state index contributed by atoms with van der Waals surface area (Å²) in [6, 6.07) is 3.77. The summed E-state index contributed by atoms with van der Waals surface area (Å²) in [4.78, 5) is 4.25. The van der Waals surface area contributed by atoms with Gasteiger partial charge in [-0.1, -0.05) is 0 Å². The van der Waals surface area contributed by atoms with Crippen LogP contribution in [0.5, 0.6) is 5.88 Å². The summed E-state index contributed by atoms with van der Waals surface area (Å²) >= 11 is 0. The summed E-state index contributed by atoms with van der Waals surface area (Å²) in [6.45, 7) is 8.82. The highest BCUT2D eigenvalue weighted by atomic mass is 32.2. The van der Waals surface area contributed by atoms with Crippen LogP contribution >= 0.6 is 0 Å². The predicted octanol–water partition coefficient (Wildman–Crippen LogP) is 2.51. The Hall–Kier alpha value is -2.09. The molecule has 0 aliphatic heterocycles. The second-order valence-corrected chi connectivity index (χ2v) is 8.38. The summed E-state index contributed by atoms with van der Waals surface area (Å²) in [5, 5.41) is 7.90. The van der Waals surface area contributed by atoms with E-state index in [1.165, 1.54) is 6.26 Å². The minimum Gasteiger partial charge on any atom is -0.478 e. The Morgan fingerprint density at radius 1 is 1.32 bits per heavy atom. The van der Waals surface area contributed by atoms with Gasteiger partial charge in [0.25, 0.3) is 0 Å². The second-order valence-electron chi connectivity index (χ2n) is 6.12. The fourth-order valence-corrected chi connectivity index (χ4v) is 3.33. The van der Waals surface area contributed by atoms with Crippen molar-refractivity contribution in [3.63, 3.8) is 0 Å². The Morgan fingerprint density at radius 3 is 2.60 bits per heavy atom. The summed E-state index contributed by atoms with van der Waals surface area (Å²) in [6.07, 6.45) is 2.98. The van der Waals surface area contributed by atoms with Gasteiger partial charge in [-0.3, -0.25) is 4.68 Å². The van der Waals surface area contributed by atoms with Gasteiger partial charge in [0.15, 0.2) is 0 Å². The molecule has 2 heterocycles. The first kappa shape index (κ1) is 19.2. The highest BCUT2D eigenvalue weighted by molar-refractivity contribution is 7.90. The monoisotopic (exact) mass is 366 g/mol. The van der Waals surface area contributed by atoms with E-state index in [0.717, 1.165) is 22.6 Å². The zero-order chi connectivity index (χ0) is 18.6. The van der Waals surface area contributed by atoms with E-state index in [0.29, 0.717) is 19.0 Å². The summed E-state index contributed by atoms with van der Waals surface area (Å²) < 4.78 is 29.9. The first-order valence-electron chi connectivity index (χ1n) is 8.28. The van der Waals surface area contributed by atoms with E-state index in [9.17, 15) is 8.42 Å². The van der Waals surface area contributed by atoms with E-state index in [1.54, 1.807) is 10.9 Å². The van der Waals surface area contributed by atoms with Crippen LogP contribution in [-0.4, -0.2) is 41.8 Å². The van der Waals surface area contributed by atoms with Crippen molar-refractivity contribution in [2.75, 3.05) is 23.9 Å². The van der Waals surface area contributed by atoms with E-state index in [4.69, 9.17) is 4.74 Å². The van der Waals surface area contributed by atoms with Gasteiger partial charge in [0, 0.05) is 23.6 Å². The molecule has 1 unspecified atom stereocenters. The molecule has 2 rings (SSSR count). The Bertz CT molecular complexity index is 813. The molecule has 0 radical (unpaired) electrons. The van der Waals surface area contributed by atoms with E-state index in [1.807, 2.05) is 39.8 Å². The largest absolute Gasteiger partial charge is 0.478 e. The highest BCUT2D eigenvalue weighted by Gasteiger charge is 2.18. The molecule has 0 saturated carbocycles. The number of hydrogen-bond acceptors (Lipinski definition) is 6. The molecule has 0 spiro atoms. The van der Waals surface area contributed by atoms with Gasteiger partial charge in [-0.25, -0.2) is 13.4 Å². The number of aryl methyl sites for hydroxylation is 2. The van der Waals surface area contributed by atoms with Gasteiger partial charge in [0.05, 0.1) is 42.5 Å². The third kappa shape index (κ3) is 5.19. The van der Waals surface area contributed by atoms with Crippen LogP contribution in [0.2, 0.25) is 0 Å². The van der Waals surface area contributed by atoms with Gasteiger partial charge in [-0.15, -0.1) is 0 Å². The van der Waals surface area contributed by atoms with Crippen molar-refractivity contribution in [2.24, 2.45) is 0 Å². The molecule has 0 bridgehead atoms. The van der Waals surface area contributed by atoms with Crippen LogP contribution in [-0.2, 0) is 16.4 Å². The number of rotatable bonds is 8. The van der Waals surface area contributed by atoms with Crippen molar-refractivity contribution in [2.45, 2.75) is 40.3 Å². The maximum atomic E-state index is 11.4. The number of nitrogens with zero attached hydrogens (tertiary/aromatic N) is 3. The lowest BCUT2D eigenvalue weighted by Crippen LogP contribution is -2.14. The van der Waals surface area contributed by atoms with Gasteiger partial charge >= 0.3 is 0 Å². The first-order valence-corrected chi connectivity index (χ1v) is 10.3.